The van der Waals surface area contributed by atoms with Crippen molar-refractivity contribution >= 4 is 40.4 Å². The Kier molecular flexibility index (Phi) is 4.92. The highest BCUT2D eigenvalue weighted by molar-refractivity contribution is 7.13. The lowest BCUT2D eigenvalue weighted by molar-refractivity contribution is 0.0738. The van der Waals surface area contributed by atoms with Gasteiger partial charge in [-0.05, 0) is 37.9 Å². The molecule has 122 valence electrons. The van der Waals surface area contributed by atoms with E-state index in [1.165, 1.54) is 11.3 Å². The van der Waals surface area contributed by atoms with Crippen molar-refractivity contribution in [3.05, 3.63) is 39.3 Å². The fourth-order valence-electron chi connectivity index (χ4n) is 2.88. The molecule has 1 aliphatic heterocycles. The summed E-state index contributed by atoms with van der Waals surface area (Å²) in [4.78, 5) is 19.0. The molecule has 4 nitrogen and oxygen atoms in total. The maximum absolute atomic E-state index is 12.7. The van der Waals surface area contributed by atoms with Gasteiger partial charge in [-0.15, -0.1) is 11.3 Å². The van der Waals surface area contributed by atoms with Gasteiger partial charge in [0.2, 0.25) is 0 Å². The Morgan fingerprint density at radius 1 is 1.43 bits per heavy atom. The zero-order valence-corrected chi connectivity index (χ0v) is 15.0. The summed E-state index contributed by atoms with van der Waals surface area (Å²) in [7, 11) is 0. The van der Waals surface area contributed by atoms with E-state index in [9.17, 15) is 4.79 Å². The van der Waals surface area contributed by atoms with Crippen molar-refractivity contribution in [2.45, 2.75) is 19.4 Å². The van der Waals surface area contributed by atoms with Gasteiger partial charge >= 0.3 is 0 Å². The van der Waals surface area contributed by atoms with Crippen molar-refractivity contribution in [1.29, 1.82) is 0 Å². The Hall–Kier alpha value is -1.14. The molecule has 1 saturated heterocycles. The Balaban J connectivity index is 1.81. The van der Waals surface area contributed by atoms with Crippen LogP contribution in [0.5, 0.6) is 0 Å². The van der Waals surface area contributed by atoms with E-state index < -0.39 is 0 Å². The molecule has 1 amide bonds. The average Bonchev–Trinajstić information content (AvgIpc) is 3.16. The minimum Gasteiger partial charge on any atom is -0.334 e. The summed E-state index contributed by atoms with van der Waals surface area (Å²) in [6.07, 6.45) is 0.950. The summed E-state index contributed by atoms with van der Waals surface area (Å²) in [5.41, 5.74) is 7.06. The highest BCUT2D eigenvalue weighted by Gasteiger charge is 2.33. The molecular weight excluding hydrogens is 353 g/mol. The number of hydrogen-bond donors (Lipinski definition) is 1. The number of halogens is 2. The summed E-state index contributed by atoms with van der Waals surface area (Å²) in [6, 6.07) is 5.55. The highest BCUT2D eigenvalue weighted by Crippen LogP contribution is 2.31. The molecule has 0 spiro atoms. The van der Waals surface area contributed by atoms with E-state index in [1.54, 1.807) is 17.5 Å². The first-order valence-electron chi connectivity index (χ1n) is 7.41. The third-order valence-electron chi connectivity index (χ3n) is 4.15. The molecular formula is C16H17Cl2N3OS. The van der Waals surface area contributed by atoms with Crippen molar-refractivity contribution in [3.8, 4) is 10.6 Å². The number of thiazole rings is 1. The summed E-state index contributed by atoms with van der Waals surface area (Å²) >= 11 is 13.4. The number of benzene rings is 1. The van der Waals surface area contributed by atoms with Crippen LogP contribution in [0.4, 0.5) is 0 Å². The third-order valence-corrected chi connectivity index (χ3v) is 5.78. The summed E-state index contributed by atoms with van der Waals surface area (Å²) < 4.78 is 0. The van der Waals surface area contributed by atoms with Crippen LogP contribution in [0.15, 0.2) is 23.6 Å². The monoisotopic (exact) mass is 369 g/mol. The lowest BCUT2D eigenvalue weighted by Gasteiger charge is -2.20. The van der Waals surface area contributed by atoms with E-state index in [0.717, 1.165) is 17.0 Å². The largest absolute Gasteiger partial charge is 0.334 e. The second-order valence-electron chi connectivity index (χ2n) is 5.81. The lowest BCUT2D eigenvalue weighted by atomic mass is 10.1. The number of carbonyl (C=O) groups excluding carboxylic acids is 1. The minimum atomic E-state index is -0.0315. The molecule has 0 radical (unpaired) electrons. The number of nitrogens with two attached hydrogens (primary N) is 1. The number of nitrogens with zero attached hydrogens (tertiary/aromatic N) is 2. The molecule has 2 atom stereocenters. The summed E-state index contributed by atoms with van der Waals surface area (Å²) in [5, 5.41) is 3.53. The second-order valence-corrected chi connectivity index (χ2v) is 7.48. The van der Waals surface area contributed by atoms with Crippen molar-refractivity contribution in [2.75, 3.05) is 13.1 Å². The lowest BCUT2D eigenvalue weighted by Crippen LogP contribution is -2.34. The standard InChI is InChI=1S/C16H17Cl2N3OS/c1-9-4-10(6-19)7-21(9)16(22)14-8-23-15(20-14)11-2-3-12(17)13(18)5-11/h2-3,5,8-10H,4,6-7,19H2,1H3. The van der Waals surface area contributed by atoms with Crippen LogP contribution in [0.1, 0.15) is 23.8 Å². The normalized spacial score (nSPS) is 21.0. The molecule has 2 aromatic rings. The molecule has 1 fully saturated rings. The number of hydrogen-bond acceptors (Lipinski definition) is 4. The van der Waals surface area contributed by atoms with E-state index in [1.807, 2.05) is 11.0 Å². The highest BCUT2D eigenvalue weighted by atomic mass is 35.5. The van der Waals surface area contributed by atoms with Gasteiger partial charge in [0.25, 0.3) is 5.91 Å². The van der Waals surface area contributed by atoms with Crippen LogP contribution < -0.4 is 5.73 Å². The van der Waals surface area contributed by atoms with Gasteiger partial charge in [-0.1, -0.05) is 29.3 Å². The fourth-order valence-corrected chi connectivity index (χ4v) is 3.97. The predicted octanol–water partition coefficient (Wildman–Crippen LogP) is 3.93. The SMILES string of the molecule is CC1CC(CN)CN1C(=O)c1csc(-c2ccc(Cl)c(Cl)c2)n1. The fraction of sp³-hybridized carbons (Fsp3) is 0.375. The molecule has 3 rings (SSSR count). The first-order chi connectivity index (χ1) is 11.0. The van der Waals surface area contributed by atoms with E-state index in [2.05, 4.69) is 11.9 Å². The van der Waals surface area contributed by atoms with Crippen LogP contribution in [0.3, 0.4) is 0 Å². The second kappa shape index (κ2) is 6.77. The van der Waals surface area contributed by atoms with Crippen LogP contribution in [0, 0.1) is 5.92 Å². The summed E-state index contributed by atoms with van der Waals surface area (Å²) in [6.45, 7) is 3.37. The maximum Gasteiger partial charge on any atom is 0.273 e. The molecule has 1 aromatic heterocycles. The Labute approximate surface area is 149 Å². The van der Waals surface area contributed by atoms with E-state index in [4.69, 9.17) is 28.9 Å². The number of aromatic nitrogens is 1. The molecule has 23 heavy (non-hydrogen) atoms. The van der Waals surface area contributed by atoms with Gasteiger partial charge in [-0.25, -0.2) is 4.98 Å². The molecule has 7 heteroatoms. The quantitative estimate of drug-likeness (QED) is 0.891. The van der Waals surface area contributed by atoms with Crippen LogP contribution >= 0.6 is 34.5 Å². The molecule has 0 saturated carbocycles. The van der Waals surface area contributed by atoms with E-state index >= 15 is 0 Å². The van der Waals surface area contributed by atoms with Gasteiger partial charge in [0.15, 0.2) is 0 Å². The minimum absolute atomic E-state index is 0.0315. The molecule has 2 heterocycles. The number of rotatable bonds is 3. The zero-order valence-electron chi connectivity index (χ0n) is 12.6. The van der Waals surface area contributed by atoms with Gasteiger partial charge < -0.3 is 10.6 Å². The topological polar surface area (TPSA) is 59.2 Å². The van der Waals surface area contributed by atoms with Crippen LogP contribution in [0.2, 0.25) is 10.0 Å². The third kappa shape index (κ3) is 3.38. The number of likely N-dealkylation sites (tertiary alicyclic amines) is 1. The Morgan fingerprint density at radius 3 is 2.87 bits per heavy atom. The maximum atomic E-state index is 12.7. The molecule has 2 N–H and O–H groups in total. The molecule has 1 aromatic carbocycles. The summed E-state index contributed by atoms with van der Waals surface area (Å²) in [5.74, 6) is 0.345. The van der Waals surface area contributed by atoms with Crippen molar-refractivity contribution in [3.63, 3.8) is 0 Å². The van der Waals surface area contributed by atoms with Crippen LogP contribution in [-0.2, 0) is 0 Å². The number of carbonyl (C=O) groups is 1. The Morgan fingerprint density at radius 2 is 2.22 bits per heavy atom. The first kappa shape index (κ1) is 16.7. The van der Waals surface area contributed by atoms with Crippen molar-refractivity contribution in [2.24, 2.45) is 11.7 Å². The van der Waals surface area contributed by atoms with Crippen LogP contribution in [0.25, 0.3) is 10.6 Å². The number of amides is 1. The smallest absolute Gasteiger partial charge is 0.273 e. The first-order valence-corrected chi connectivity index (χ1v) is 9.05. The van der Waals surface area contributed by atoms with Gasteiger partial charge in [-0.2, -0.15) is 0 Å². The van der Waals surface area contributed by atoms with Crippen molar-refractivity contribution < 1.29 is 4.79 Å². The van der Waals surface area contributed by atoms with Gasteiger partial charge in [0.1, 0.15) is 10.7 Å². The van der Waals surface area contributed by atoms with Gasteiger partial charge in [0, 0.05) is 23.5 Å². The molecule has 0 bridgehead atoms. The molecule has 0 aliphatic carbocycles. The van der Waals surface area contributed by atoms with Gasteiger partial charge in [0.05, 0.1) is 10.0 Å². The van der Waals surface area contributed by atoms with Crippen LogP contribution in [-0.4, -0.2) is 34.9 Å². The van der Waals surface area contributed by atoms with E-state index in [-0.39, 0.29) is 11.9 Å². The van der Waals surface area contributed by atoms with Gasteiger partial charge in [-0.3, -0.25) is 4.79 Å². The molecule has 2 unspecified atom stereocenters. The van der Waals surface area contributed by atoms with Crippen molar-refractivity contribution in [1.82, 2.24) is 9.88 Å². The average molecular weight is 370 g/mol. The van der Waals surface area contributed by atoms with E-state index in [0.29, 0.717) is 34.7 Å². The molecule has 1 aliphatic rings. The predicted molar refractivity (Wildman–Crippen MR) is 95.2 cm³/mol. The zero-order chi connectivity index (χ0) is 16.6. The Bertz CT molecular complexity index is 734.